The zero-order valence-corrected chi connectivity index (χ0v) is 12.7. The molecule has 22 heavy (non-hydrogen) atoms. The second-order valence-electron chi connectivity index (χ2n) is 7.14. The number of nitrogens with one attached hydrogen (secondary N) is 1. The van der Waals surface area contributed by atoms with Crippen LogP contribution >= 0.6 is 0 Å². The van der Waals surface area contributed by atoms with Crippen molar-refractivity contribution < 1.29 is 14.3 Å². The first-order chi connectivity index (χ1) is 10.5. The van der Waals surface area contributed by atoms with Crippen LogP contribution in [0.25, 0.3) is 0 Å². The van der Waals surface area contributed by atoms with Gasteiger partial charge in [-0.25, -0.2) is 4.79 Å². The molecule has 2 saturated heterocycles. The normalized spacial score (nSPS) is 29.2. The summed E-state index contributed by atoms with van der Waals surface area (Å²) < 4.78 is 5.44. The van der Waals surface area contributed by atoms with E-state index in [1.165, 1.54) is 4.90 Å². The molecule has 2 aliphatic heterocycles. The average Bonchev–Trinajstić information content (AvgIpc) is 3.13. The van der Waals surface area contributed by atoms with Crippen molar-refractivity contribution in [2.75, 3.05) is 19.8 Å². The Morgan fingerprint density at radius 1 is 1.23 bits per heavy atom. The van der Waals surface area contributed by atoms with Crippen LogP contribution in [0.3, 0.4) is 0 Å². The van der Waals surface area contributed by atoms with Gasteiger partial charge >= 0.3 is 6.03 Å². The van der Waals surface area contributed by atoms with Crippen LogP contribution < -0.4 is 5.32 Å². The van der Waals surface area contributed by atoms with E-state index >= 15 is 0 Å². The maximum atomic E-state index is 12.9. The molecule has 0 saturated carbocycles. The molecule has 4 rings (SSSR count). The number of hydrogen-bond donors (Lipinski definition) is 1. The van der Waals surface area contributed by atoms with Crippen molar-refractivity contribution in [1.82, 2.24) is 10.2 Å². The molecule has 3 amide bonds. The highest BCUT2D eigenvalue weighted by Gasteiger charge is 2.55. The minimum absolute atomic E-state index is 0.0816. The molecule has 0 aromatic heterocycles. The topological polar surface area (TPSA) is 58.6 Å². The van der Waals surface area contributed by atoms with Gasteiger partial charge in [0.2, 0.25) is 0 Å². The number of amides is 3. The fourth-order valence-corrected chi connectivity index (χ4v) is 3.89. The molecule has 5 heteroatoms. The summed E-state index contributed by atoms with van der Waals surface area (Å²) in [5, 5.41) is 2.96. The number of carbonyl (C=O) groups excluding carboxylic acids is 2. The van der Waals surface area contributed by atoms with Crippen molar-refractivity contribution in [2.24, 2.45) is 5.41 Å². The third-order valence-corrected chi connectivity index (χ3v) is 5.19. The molecule has 5 nitrogen and oxygen atoms in total. The molecule has 1 atom stereocenters. The van der Waals surface area contributed by atoms with E-state index in [0.717, 1.165) is 17.5 Å². The predicted molar refractivity (Wildman–Crippen MR) is 80.4 cm³/mol. The van der Waals surface area contributed by atoms with Gasteiger partial charge in [0.25, 0.3) is 5.91 Å². The van der Waals surface area contributed by atoms with E-state index in [9.17, 15) is 9.59 Å². The predicted octanol–water partition coefficient (Wildman–Crippen LogP) is 1.50. The van der Waals surface area contributed by atoms with E-state index < -0.39 is 5.54 Å². The first-order valence-electron chi connectivity index (χ1n) is 7.80. The van der Waals surface area contributed by atoms with Crippen molar-refractivity contribution in [3.63, 3.8) is 0 Å². The third kappa shape index (κ3) is 1.96. The van der Waals surface area contributed by atoms with Crippen LogP contribution in [0.15, 0.2) is 24.3 Å². The maximum absolute atomic E-state index is 12.9. The smallest absolute Gasteiger partial charge is 0.325 e. The Morgan fingerprint density at radius 3 is 2.50 bits per heavy atom. The molecule has 2 heterocycles. The molecular weight excluding hydrogens is 280 g/mol. The summed E-state index contributed by atoms with van der Waals surface area (Å²) in [6.07, 6.45) is 2.08. The number of urea groups is 1. The number of carbonyl (C=O) groups is 2. The van der Waals surface area contributed by atoms with Gasteiger partial charge < -0.3 is 10.1 Å². The molecule has 2 fully saturated rings. The molecule has 3 aliphatic rings. The Bertz CT molecular complexity index is 624. The Morgan fingerprint density at radius 2 is 1.91 bits per heavy atom. The molecule has 1 aliphatic carbocycles. The number of hydrogen-bond acceptors (Lipinski definition) is 3. The largest absolute Gasteiger partial charge is 0.381 e. The van der Waals surface area contributed by atoms with Gasteiger partial charge in [0, 0.05) is 31.4 Å². The highest BCUT2D eigenvalue weighted by Crippen LogP contribution is 2.37. The molecule has 1 unspecified atom stereocenters. The monoisotopic (exact) mass is 300 g/mol. The summed E-state index contributed by atoms with van der Waals surface area (Å²) >= 11 is 0. The van der Waals surface area contributed by atoms with Gasteiger partial charge in [0.1, 0.15) is 5.54 Å². The second kappa shape index (κ2) is 4.56. The first kappa shape index (κ1) is 13.8. The van der Waals surface area contributed by atoms with Gasteiger partial charge in [0.15, 0.2) is 0 Å². The summed E-state index contributed by atoms with van der Waals surface area (Å²) in [6, 6.07) is 7.78. The lowest BCUT2D eigenvalue weighted by Crippen LogP contribution is -2.48. The Kier molecular flexibility index (Phi) is 2.85. The van der Waals surface area contributed by atoms with Crippen LogP contribution in [0.2, 0.25) is 0 Å². The Hall–Kier alpha value is -1.88. The molecule has 0 radical (unpaired) electrons. The van der Waals surface area contributed by atoms with Gasteiger partial charge in [-0.3, -0.25) is 9.69 Å². The van der Waals surface area contributed by atoms with E-state index in [-0.39, 0.29) is 17.4 Å². The maximum Gasteiger partial charge on any atom is 0.325 e. The quantitative estimate of drug-likeness (QED) is 0.842. The van der Waals surface area contributed by atoms with E-state index in [0.29, 0.717) is 32.6 Å². The summed E-state index contributed by atoms with van der Waals surface area (Å²) in [5.74, 6) is -0.0816. The standard InChI is InChI=1S/C17H20N2O3/c1-16(6-7-22-11-16)10-19-14(20)17(18-15(19)21)8-12-4-2-3-5-13(12)9-17/h2-5H,6-11H2,1H3,(H,18,21). The lowest BCUT2D eigenvalue weighted by atomic mass is 9.88. The van der Waals surface area contributed by atoms with E-state index in [4.69, 9.17) is 4.74 Å². The zero-order valence-electron chi connectivity index (χ0n) is 12.7. The fourth-order valence-electron chi connectivity index (χ4n) is 3.89. The Labute approximate surface area is 129 Å². The highest BCUT2D eigenvalue weighted by molar-refractivity contribution is 6.07. The highest BCUT2D eigenvalue weighted by atomic mass is 16.5. The lowest BCUT2D eigenvalue weighted by molar-refractivity contribution is -0.132. The second-order valence-corrected chi connectivity index (χ2v) is 7.14. The number of ether oxygens (including phenoxy) is 1. The summed E-state index contributed by atoms with van der Waals surface area (Å²) in [7, 11) is 0. The van der Waals surface area contributed by atoms with Gasteiger partial charge in [-0.15, -0.1) is 0 Å². The summed E-state index contributed by atoms with van der Waals surface area (Å²) in [6.45, 7) is 3.83. The van der Waals surface area contributed by atoms with Crippen LogP contribution in [0.4, 0.5) is 4.79 Å². The van der Waals surface area contributed by atoms with Gasteiger partial charge in [-0.2, -0.15) is 0 Å². The molecular formula is C17H20N2O3. The fraction of sp³-hybridized carbons (Fsp3) is 0.529. The van der Waals surface area contributed by atoms with Crippen molar-refractivity contribution in [1.29, 1.82) is 0 Å². The van der Waals surface area contributed by atoms with Gasteiger partial charge in [-0.1, -0.05) is 31.2 Å². The van der Waals surface area contributed by atoms with Crippen molar-refractivity contribution in [3.8, 4) is 0 Å². The van der Waals surface area contributed by atoms with E-state index in [1.807, 2.05) is 24.3 Å². The molecule has 1 aromatic carbocycles. The number of imide groups is 1. The zero-order chi connectivity index (χ0) is 15.4. The molecule has 1 aromatic rings. The van der Waals surface area contributed by atoms with Crippen LogP contribution in [-0.2, 0) is 22.4 Å². The lowest BCUT2D eigenvalue weighted by Gasteiger charge is -2.27. The summed E-state index contributed by atoms with van der Waals surface area (Å²) in [5.41, 5.74) is 1.43. The van der Waals surface area contributed by atoms with Crippen LogP contribution in [0.1, 0.15) is 24.5 Å². The number of benzene rings is 1. The minimum Gasteiger partial charge on any atom is -0.381 e. The number of rotatable bonds is 2. The van der Waals surface area contributed by atoms with Crippen LogP contribution in [0.5, 0.6) is 0 Å². The van der Waals surface area contributed by atoms with Gasteiger partial charge in [-0.05, 0) is 17.5 Å². The van der Waals surface area contributed by atoms with Crippen molar-refractivity contribution in [3.05, 3.63) is 35.4 Å². The Balaban J connectivity index is 1.58. The SMILES string of the molecule is CC1(CN2C(=O)NC3(Cc4ccccc4C3)C2=O)CCOC1. The molecule has 1 spiro atoms. The van der Waals surface area contributed by atoms with E-state index in [1.54, 1.807) is 0 Å². The first-order valence-corrected chi connectivity index (χ1v) is 7.80. The van der Waals surface area contributed by atoms with Crippen LogP contribution in [0, 0.1) is 5.41 Å². The van der Waals surface area contributed by atoms with Gasteiger partial charge in [0.05, 0.1) is 6.61 Å². The number of nitrogens with zero attached hydrogens (tertiary/aromatic N) is 1. The molecule has 0 bridgehead atoms. The van der Waals surface area contributed by atoms with E-state index in [2.05, 4.69) is 12.2 Å². The van der Waals surface area contributed by atoms with Crippen LogP contribution in [-0.4, -0.2) is 42.1 Å². The molecule has 116 valence electrons. The average molecular weight is 300 g/mol. The number of fused-ring (bicyclic) bond motifs is 1. The molecule has 1 N–H and O–H groups in total. The van der Waals surface area contributed by atoms with Crippen molar-refractivity contribution >= 4 is 11.9 Å². The minimum atomic E-state index is -0.767. The summed E-state index contributed by atoms with van der Waals surface area (Å²) in [4.78, 5) is 26.7. The third-order valence-electron chi connectivity index (χ3n) is 5.19. The van der Waals surface area contributed by atoms with Crippen molar-refractivity contribution in [2.45, 2.75) is 31.7 Å².